The fourth-order valence-corrected chi connectivity index (χ4v) is 4.55. The Kier molecular flexibility index (Phi) is 7.94. The summed E-state index contributed by atoms with van der Waals surface area (Å²) in [5.41, 5.74) is 6.28. The van der Waals surface area contributed by atoms with Gasteiger partial charge in [0.25, 0.3) is 5.91 Å². The molecule has 5 rings (SSSR count). The van der Waals surface area contributed by atoms with Crippen molar-refractivity contribution in [3.63, 3.8) is 0 Å². The number of aromatic nitrogens is 1. The van der Waals surface area contributed by atoms with Crippen LogP contribution >= 0.6 is 15.9 Å². The number of pyridine rings is 1. The van der Waals surface area contributed by atoms with Gasteiger partial charge in [0.15, 0.2) is 11.5 Å². The van der Waals surface area contributed by atoms with Crippen molar-refractivity contribution in [1.82, 2.24) is 10.4 Å². The van der Waals surface area contributed by atoms with Gasteiger partial charge in [-0.05, 0) is 30.3 Å². The third-order valence-electron chi connectivity index (χ3n) is 6.00. The molecule has 5 aromatic rings. The number of halogens is 2. The van der Waals surface area contributed by atoms with Gasteiger partial charge in [0.05, 0.1) is 30.1 Å². The topological polar surface area (TPSA) is 72.8 Å². The van der Waals surface area contributed by atoms with Crippen molar-refractivity contribution in [3.8, 4) is 22.8 Å². The number of para-hydroxylation sites is 1. The molecule has 1 amide bonds. The number of nitrogens with one attached hydrogen (secondary N) is 1. The summed E-state index contributed by atoms with van der Waals surface area (Å²) in [7, 11) is 1.51. The van der Waals surface area contributed by atoms with Gasteiger partial charge >= 0.3 is 0 Å². The highest BCUT2D eigenvalue weighted by atomic mass is 79.9. The molecule has 0 saturated carbocycles. The van der Waals surface area contributed by atoms with Crippen LogP contribution in [0.2, 0.25) is 0 Å². The molecule has 1 N–H and O–H groups in total. The molecule has 0 saturated heterocycles. The summed E-state index contributed by atoms with van der Waals surface area (Å²) >= 11 is 3.46. The molecule has 4 aromatic carbocycles. The number of benzene rings is 4. The van der Waals surface area contributed by atoms with E-state index < -0.39 is 5.91 Å². The molecule has 0 bridgehead atoms. The average molecular weight is 584 g/mol. The number of amides is 1. The lowest BCUT2D eigenvalue weighted by Crippen LogP contribution is -2.18. The zero-order valence-electron chi connectivity index (χ0n) is 20.9. The third-order valence-corrected chi connectivity index (χ3v) is 6.46. The van der Waals surface area contributed by atoms with Crippen molar-refractivity contribution in [3.05, 3.63) is 124 Å². The van der Waals surface area contributed by atoms with E-state index in [9.17, 15) is 9.18 Å². The van der Waals surface area contributed by atoms with Crippen LogP contribution in [0.1, 0.15) is 21.5 Å². The van der Waals surface area contributed by atoms with E-state index >= 15 is 0 Å². The Balaban J connectivity index is 1.43. The molecule has 0 atom stereocenters. The van der Waals surface area contributed by atoms with Gasteiger partial charge in [-0.25, -0.2) is 14.8 Å². The van der Waals surface area contributed by atoms with E-state index in [-0.39, 0.29) is 12.4 Å². The quantitative estimate of drug-likeness (QED) is 0.155. The molecule has 0 radical (unpaired) electrons. The van der Waals surface area contributed by atoms with Gasteiger partial charge in [-0.1, -0.05) is 82.7 Å². The maximum atomic E-state index is 14.1. The first-order valence-electron chi connectivity index (χ1n) is 12.1. The van der Waals surface area contributed by atoms with Crippen molar-refractivity contribution in [2.75, 3.05) is 7.11 Å². The minimum atomic E-state index is -0.391. The molecule has 0 unspecified atom stereocenters. The average Bonchev–Trinajstić information content (AvgIpc) is 2.97. The summed E-state index contributed by atoms with van der Waals surface area (Å²) in [4.78, 5) is 18.0. The van der Waals surface area contributed by atoms with E-state index in [1.54, 1.807) is 36.4 Å². The molecule has 0 aliphatic rings. The Morgan fingerprint density at radius 2 is 1.74 bits per heavy atom. The minimum absolute atomic E-state index is 0.0108. The van der Waals surface area contributed by atoms with Crippen molar-refractivity contribution in [2.45, 2.75) is 6.61 Å². The first-order chi connectivity index (χ1) is 19.0. The second kappa shape index (κ2) is 11.9. The molecule has 6 nitrogen and oxygen atoms in total. The Hall–Kier alpha value is -4.56. The lowest BCUT2D eigenvalue weighted by atomic mass is 10.0. The largest absolute Gasteiger partial charge is 0.493 e. The molecule has 39 heavy (non-hydrogen) atoms. The second-order valence-electron chi connectivity index (χ2n) is 8.54. The number of rotatable bonds is 8. The van der Waals surface area contributed by atoms with Crippen LogP contribution in [-0.2, 0) is 6.61 Å². The maximum Gasteiger partial charge on any atom is 0.272 e. The Labute approximate surface area is 233 Å². The molecule has 194 valence electrons. The van der Waals surface area contributed by atoms with Crippen LogP contribution in [0.15, 0.2) is 107 Å². The smallest absolute Gasteiger partial charge is 0.272 e. The number of ether oxygens (including phenoxy) is 2. The number of nitrogens with zero attached hydrogens (tertiary/aromatic N) is 2. The van der Waals surface area contributed by atoms with Crippen LogP contribution in [0.3, 0.4) is 0 Å². The molecule has 0 aliphatic heterocycles. The van der Waals surface area contributed by atoms with E-state index in [1.807, 2.05) is 54.6 Å². The SMILES string of the molecule is COc1cc(Br)cc(/C=N\NC(=O)c2cc(-c3ccccc3)nc3ccccc23)c1OCc1ccccc1F. The number of methoxy groups -OCH3 is 1. The highest BCUT2D eigenvalue weighted by molar-refractivity contribution is 9.10. The summed E-state index contributed by atoms with van der Waals surface area (Å²) in [6.45, 7) is -0.0108. The standard InChI is InChI=1S/C31H23BrFN3O3/c1-38-29-16-23(32)15-22(30(29)39-19-21-11-5-7-13-26(21)33)18-34-36-31(37)25-17-28(20-9-3-2-4-10-20)35-27-14-8-6-12-24(25)27/h2-18H,19H2,1H3,(H,36,37)/b34-18-. The van der Waals surface area contributed by atoms with E-state index in [1.165, 1.54) is 19.4 Å². The van der Waals surface area contributed by atoms with Gasteiger partial charge in [-0.15, -0.1) is 0 Å². The fourth-order valence-electron chi connectivity index (χ4n) is 4.10. The third kappa shape index (κ3) is 5.97. The van der Waals surface area contributed by atoms with Crippen LogP contribution in [0, 0.1) is 5.82 Å². The summed E-state index contributed by atoms with van der Waals surface area (Å²) in [6, 6.07) is 28.8. The van der Waals surface area contributed by atoms with Gasteiger partial charge < -0.3 is 9.47 Å². The van der Waals surface area contributed by atoms with Crippen LogP contribution in [0.25, 0.3) is 22.2 Å². The Bertz CT molecular complexity index is 1680. The molecular weight excluding hydrogens is 561 g/mol. The van der Waals surface area contributed by atoms with Gasteiger partial charge in [0, 0.05) is 26.5 Å². The first kappa shape index (κ1) is 26.1. The number of fused-ring (bicyclic) bond motifs is 1. The maximum absolute atomic E-state index is 14.1. The Morgan fingerprint density at radius 1 is 1.00 bits per heavy atom. The molecule has 1 aromatic heterocycles. The molecular formula is C31H23BrFN3O3. The monoisotopic (exact) mass is 583 g/mol. The summed E-state index contributed by atoms with van der Waals surface area (Å²) < 4.78 is 26.3. The lowest BCUT2D eigenvalue weighted by Gasteiger charge is -2.14. The van der Waals surface area contributed by atoms with E-state index in [2.05, 4.69) is 26.5 Å². The van der Waals surface area contributed by atoms with E-state index in [4.69, 9.17) is 14.5 Å². The van der Waals surface area contributed by atoms with Crippen LogP contribution < -0.4 is 14.9 Å². The van der Waals surface area contributed by atoms with Gasteiger partial charge in [0.2, 0.25) is 0 Å². The molecule has 8 heteroatoms. The zero-order valence-corrected chi connectivity index (χ0v) is 22.5. The normalized spacial score (nSPS) is 11.1. The molecule has 0 fully saturated rings. The predicted molar refractivity (Wildman–Crippen MR) is 154 cm³/mol. The van der Waals surface area contributed by atoms with Crippen LogP contribution in [0.5, 0.6) is 11.5 Å². The van der Waals surface area contributed by atoms with Gasteiger partial charge in [-0.3, -0.25) is 4.79 Å². The van der Waals surface area contributed by atoms with Crippen LogP contribution in [-0.4, -0.2) is 24.2 Å². The summed E-state index contributed by atoms with van der Waals surface area (Å²) in [5.74, 6) is 0.0390. The van der Waals surface area contributed by atoms with E-state index in [0.717, 1.165) is 10.0 Å². The van der Waals surface area contributed by atoms with Crippen molar-refractivity contribution in [2.24, 2.45) is 5.10 Å². The second-order valence-corrected chi connectivity index (χ2v) is 9.46. The van der Waals surface area contributed by atoms with Crippen molar-refractivity contribution in [1.29, 1.82) is 0 Å². The number of hydrogen-bond acceptors (Lipinski definition) is 5. The van der Waals surface area contributed by atoms with E-state index in [0.29, 0.717) is 44.8 Å². The summed E-state index contributed by atoms with van der Waals surface area (Å²) in [6.07, 6.45) is 1.46. The summed E-state index contributed by atoms with van der Waals surface area (Å²) in [5, 5.41) is 4.91. The van der Waals surface area contributed by atoms with Gasteiger partial charge in [-0.2, -0.15) is 5.10 Å². The lowest BCUT2D eigenvalue weighted by molar-refractivity contribution is 0.0956. The van der Waals surface area contributed by atoms with Gasteiger partial charge in [0.1, 0.15) is 12.4 Å². The van der Waals surface area contributed by atoms with Crippen LogP contribution in [0.4, 0.5) is 4.39 Å². The highest BCUT2D eigenvalue weighted by Gasteiger charge is 2.15. The highest BCUT2D eigenvalue weighted by Crippen LogP contribution is 2.35. The number of carbonyl (C=O) groups excluding carboxylic acids is 1. The van der Waals surface area contributed by atoms with Crippen molar-refractivity contribution >= 4 is 39.0 Å². The number of carbonyl (C=O) groups is 1. The molecule has 0 aliphatic carbocycles. The zero-order chi connectivity index (χ0) is 27.2. The molecule has 0 spiro atoms. The predicted octanol–water partition coefficient (Wildman–Crippen LogP) is 7.15. The fraction of sp³-hybridized carbons (Fsp3) is 0.0645. The Morgan fingerprint density at radius 3 is 2.54 bits per heavy atom. The number of hydrogen-bond donors (Lipinski definition) is 1. The number of hydrazone groups is 1. The molecule has 1 heterocycles. The van der Waals surface area contributed by atoms with Crippen molar-refractivity contribution < 1.29 is 18.7 Å². The minimum Gasteiger partial charge on any atom is -0.493 e. The first-order valence-corrected chi connectivity index (χ1v) is 12.8.